The molecule has 0 rings (SSSR count). The number of allylic oxidation sites excluding steroid dienone is 3. The van der Waals surface area contributed by atoms with Crippen molar-refractivity contribution >= 4 is 11.6 Å². The van der Waals surface area contributed by atoms with E-state index in [0.717, 1.165) is 11.5 Å². The highest BCUT2D eigenvalue weighted by molar-refractivity contribution is 6.31. The summed E-state index contributed by atoms with van der Waals surface area (Å²) in [7, 11) is 0. The molecule has 0 amide bonds. The highest BCUT2D eigenvalue weighted by Crippen LogP contribution is 2.08. The lowest BCUT2D eigenvalue weighted by Gasteiger charge is -1.94. The number of hydrogen-bond acceptors (Lipinski definition) is 0. The van der Waals surface area contributed by atoms with Crippen LogP contribution in [0.5, 0.6) is 0 Å². The van der Waals surface area contributed by atoms with Gasteiger partial charge in [0.05, 0.1) is 0 Å². The molecule has 64 valence electrons. The van der Waals surface area contributed by atoms with Crippen LogP contribution < -0.4 is 0 Å². The zero-order valence-corrected chi connectivity index (χ0v) is 8.03. The summed E-state index contributed by atoms with van der Waals surface area (Å²) in [6.45, 7) is 5.79. The van der Waals surface area contributed by atoms with Crippen LogP contribution in [0.2, 0.25) is 0 Å². The average molecular weight is 173 g/mol. The molecule has 0 aromatic heterocycles. The fourth-order valence-electron chi connectivity index (χ4n) is 0.894. The highest BCUT2D eigenvalue weighted by Gasteiger charge is 1.86. The Hall–Kier alpha value is -0.230. The predicted octanol–water partition coefficient (Wildman–Crippen LogP) is 4.27. The van der Waals surface area contributed by atoms with E-state index in [2.05, 4.69) is 13.5 Å². The number of hydrogen-bond donors (Lipinski definition) is 0. The van der Waals surface area contributed by atoms with Gasteiger partial charge in [0.1, 0.15) is 0 Å². The molecule has 0 bridgehead atoms. The van der Waals surface area contributed by atoms with E-state index in [9.17, 15) is 0 Å². The molecule has 0 radical (unpaired) electrons. The predicted molar refractivity (Wildman–Crippen MR) is 52.9 cm³/mol. The highest BCUT2D eigenvalue weighted by atomic mass is 35.5. The first-order chi connectivity index (χ1) is 5.31. The maximum Gasteiger partial charge on any atom is 0.0360 e. The molecule has 0 nitrogen and oxygen atoms in total. The number of rotatable bonds is 6. The summed E-state index contributed by atoms with van der Waals surface area (Å²) in [6, 6.07) is 0. The lowest BCUT2D eigenvalue weighted by molar-refractivity contribution is 0.674. The summed E-state index contributed by atoms with van der Waals surface area (Å²) in [5, 5.41) is 0.779. The van der Waals surface area contributed by atoms with Gasteiger partial charge in [-0.3, -0.25) is 0 Å². The van der Waals surface area contributed by atoms with Gasteiger partial charge in [0, 0.05) is 5.03 Å². The molecule has 0 aliphatic rings. The number of unbranched alkanes of at least 4 members (excludes halogenated alkanes) is 4. The Morgan fingerprint density at radius 2 is 2.09 bits per heavy atom. The van der Waals surface area contributed by atoms with Gasteiger partial charge in [-0.15, -0.1) is 0 Å². The van der Waals surface area contributed by atoms with Crippen molar-refractivity contribution in [1.29, 1.82) is 0 Å². The Morgan fingerprint density at radius 1 is 1.36 bits per heavy atom. The molecule has 0 aliphatic carbocycles. The summed E-state index contributed by atoms with van der Waals surface area (Å²) in [5.74, 6) is 0. The molecule has 11 heavy (non-hydrogen) atoms. The molecule has 0 aromatic rings. The first-order valence-corrected chi connectivity index (χ1v) is 4.67. The quantitative estimate of drug-likeness (QED) is 0.415. The summed E-state index contributed by atoms with van der Waals surface area (Å²) in [5.41, 5.74) is 0. The summed E-state index contributed by atoms with van der Waals surface area (Å²) >= 11 is 5.72. The van der Waals surface area contributed by atoms with E-state index in [1.54, 1.807) is 6.08 Å². The first-order valence-electron chi connectivity index (χ1n) is 4.29. The minimum Gasteiger partial charge on any atom is -0.0976 e. The van der Waals surface area contributed by atoms with E-state index in [0.29, 0.717) is 0 Å². The van der Waals surface area contributed by atoms with Crippen LogP contribution in [-0.4, -0.2) is 0 Å². The Bertz CT molecular complexity index is 125. The second-order valence-corrected chi connectivity index (χ2v) is 3.08. The Balaban J connectivity index is 3.19. The van der Waals surface area contributed by atoms with Crippen molar-refractivity contribution in [3.8, 4) is 0 Å². The summed E-state index contributed by atoms with van der Waals surface area (Å²) < 4.78 is 0. The van der Waals surface area contributed by atoms with Gasteiger partial charge in [0.15, 0.2) is 0 Å². The third-order valence-electron chi connectivity index (χ3n) is 1.59. The zero-order valence-electron chi connectivity index (χ0n) is 7.28. The molecule has 0 aromatic carbocycles. The van der Waals surface area contributed by atoms with Crippen LogP contribution in [0.3, 0.4) is 0 Å². The standard InChI is InChI=1S/C10H17Cl/c1-3-5-6-7-8-9-10(11)4-2/h4,9H,2-3,5-8H2,1H3/b10-9+. The molecule has 0 saturated carbocycles. The molecule has 0 unspecified atom stereocenters. The Labute approximate surface area is 74.9 Å². The van der Waals surface area contributed by atoms with E-state index in [-0.39, 0.29) is 0 Å². The summed E-state index contributed by atoms with van der Waals surface area (Å²) in [6.07, 6.45) is 9.99. The average Bonchev–Trinajstić information content (AvgIpc) is 2.04. The fraction of sp³-hybridized carbons (Fsp3) is 0.600. The zero-order chi connectivity index (χ0) is 8.53. The molecule has 0 heterocycles. The molecule has 0 N–H and O–H groups in total. The van der Waals surface area contributed by atoms with Gasteiger partial charge in [-0.1, -0.05) is 56.5 Å². The van der Waals surface area contributed by atoms with Crippen LogP contribution in [0.25, 0.3) is 0 Å². The smallest absolute Gasteiger partial charge is 0.0360 e. The van der Waals surface area contributed by atoms with Gasteiger partial charge in [-0.2, -0.15) is 0 Å². The van der Waals surface area contributed by atoms with Gasteiger partial charge in [0.2, 0.25) is 0 Å². The van der Waals surface area contributed by atoms with Gasteiger partial charge in [-0.25, -0.2) is 0 Å². The van der Waals surface area contributed by atoms with E-state index < -0.39 is 0 Å². The van der Waals surface area contributed by atoms with Crippen molar-refractivity contribution in [2.24, 2.45) is 0 Å². The van der Waals surface area contributed by atoms with Crippen LogP contribution >= 0.6 is 11.6 Å². The van der Waals surface area contributed by atoms with E-state index in [1.807, 2.05) is 6.08 Å². The summed E-state index contributed by atoms with van der Waals surface area (Å²) in [4.78, 5) is 0. The van der Waals surface area contributed by atoms with Crippen molar-refractivity contribution < 1.29 is 0 Å². The minimum absolute atomic E-state index is 0.779. The Morgan fingerprint density at radius 3 is 2.64 bits per heavy atom. The third kappa shape index (κ3) is 7.67. The molecular formula is C10H17Cl. The topological polar surface area (TPSA) is 0 Å². The van der Waals surface area contributed by atoms with Crippen molar-refractivity contribution in [1.82, 2.24) is 0 Å². The maximum absolute atomic E-state index is 5.72. The van der Waals surface area contributed by atoms with Crippen molar-refractivity contribution in [3.63, 3.8) is 0 Å². The lowest BCUT2D eigenvalue weighted by Crippen LogP contribution is -1.74. The largest absolute Gasteiger partial charge is 0.0976 e. The molecule has 0 fully saturated rings. The van der Waals surface area contributed by atoms with Crippen molar-refractivity contribution in [3.05, 3.63) is 23.8 Å². The molecule has 0 spiro atoms. The van der Waals surface area contributed by atoms with Crippen molar-refractivity contribution in [2.45, 2.75) is 39.0 Å². The van der Waals surface area contributed by atoms with E-state index >= 15 is 0 Å². The second kappa shape index (κ2) is 7.87. The number of halogens is 1. The van der Waals surface area contributed by atoms with Gasteiger partial charge >= 0.3 is 0 Å². The molecular weight excluding hydrogens is 156 g/mol. The molecule has 0 aliphatic heterocycles. The van der Waals surface area contributed by atoms with E-state index in [4.69, 9.17) is 11.6 Å². The maximum atomic E-state index is 5.72. The van der Waals surface area contributed by atoms with Crippen LogP contribution in [-0.2, 0) is 0 Å². The van der Waals surface area contributed by atoms with Crippen LogP contribution in [0.1, 0.15) is 39.0 Å². The SMILES string of the molecule is C=C/C(Cl)=C\CCCCCC. The van der Waals surface area contributed by atoms with Gasteiger partial charge < -0.3 is 0 Å². The monoisotopic (exact) mass is 172 g/mol. The molecule has 1 heteroatoms. The van der Waals surface area contributed by atoms with Crippen molar-refractivity contribution in [2.75, 3.05) is 0 Å². The normalized spacial score (nSPS) is 11.6. The minimum atomic E-state index is 0.779. The fourth-order valence-corrected chi connectivity index (χ4v) is 1.00. The van der Waals surface area contributed by atoms with Crippen LogP contribution in [0.4, 0.5) is 0 Å². The molecule has 0 saturated heterocycles. The first kappa shape index (κ1) is 10.8. The lowest BCUT2D eigenvalue weighted by atomic mass is 10.1. The molecule has 0 atom stereocenters. The van der Waals surface area contributed by atoms with Gasteiger partial charge in [0.25, 0.3) is 0 Å². The second-order valence-electron chi connectivity index (χ2n) is 2.64. The third-order valence-corrected chi connectivity index (χ3v) is 1.90. The Kier molecular flexibility index (Phi) is 7.71. The van der Waals surface area contributed by atoms with Gasteiger partial charge in [-0.05, 0) is 12.8 Å². The van der Waals surface area contributed by atoms with E-state index in [1.165, 1.54) is 25.7 Å². The van der Waals surface area contributed by atoms with Crippen LogP contribution in [0, 0.1) is 0 Å². The van der Waals surface area contributed by atoms with Crippen LogP contribution in [0.15, 0.2) is 23.8 Å².